The number of benzene rings is 2. The smallest absolute Gasteiger partial charge is 0.211 e. The maximum Gasteiger partial charge on any atom is 0.235 e. The van der Waals surface area contributed by atoms with Crippen LogP contribution >= 0.6 is 11.6 Å². The zero-order valence-electron chi connectivity index (χ0n) is 9.71. The Morgan fingerprint density at radius 1 is 1.06 bits per heavy atom. The second-order valence-electron chi connectivity index (χ2n) is 3.94. The van der Waals surface area contributed by atoms with E-state index in [-0.39, 0.29) is 6.04 Å². The number of isocyanates is 1. The highest BCUT2D eigenvalue weighted by atomic mass is 35.5. The van der Waals surface area contributed by atoms with Crippen molar-refractivity contribution < 1.29 is 4.79 Å². The van der Waals surface area contributed by atoms with Crippen molar-refractivity contribution >= 4 is 17.7 Å². The first-order chi connectivity index (χ1) is 8.81. The summed E-state index contributed by atoms with van der Waals surface area (Å²) in [6, 6.07) is 17.0. The Morgan fingerprint density at radius 3 is 2.39 bits per heavy atom. The molecule has 18 heavy (non-hydrogen) atoms. The molecule has 0 bridgehead atoms. The highest BCUT2D eigenvalue weighted by Crippen LogP contribution is 2.25. The molecule has 0 heterocycles. The van der Waals surface area contributed by atoms with Gasteiger partial charge in [-0.2, -0.15) is 4.99 Å². The summed E-state index contributed by atoms with van der Waals surface area (Å²) < 4.78 is 0. The Hall–Kier alpha value is -1.89. The molecule has 1 unspecified atom stereocenters. The van der Waals surface area contributed by atoms with Crippen LogP contribution in [-0.2, 0) is 11.2 Å². The molecule has 1 atom stereocenters. The van der Waals surface area contributed by atoms with Crippen LogP contribution in [0.25, 0.3) is 0 Å². The minimum Gasteiger partial charge on any atom is -0.211 e. The molecule has 0 aliphatic carbocycles. The zero-order chi connectivity index (χ0) is 12.8. The number of halogens is 1. The first kappa shape index (κ1) is 12.6. The van der Waals surface area contributed by atoms with Gasteiger partial charge in [-0.05, 0) is 17.2 Å². The molecular weight excluding hydrogens is 246 g/mol. The minimum absolute atomic E-state index is 0.233. The van der Waals surface area contributed by atoms with Crippen LogP contribution in [0.4, 0.5) is 0 Å². The molecule has 0 N–H and O–H groups in total. The lowest BCUT2D eigenvalue weighted by atomic mass is 9.99. The Balaban J connectivity index is 2.28. The average molecular weight is 258 g/mol. The molecular formula is C15H12ClNO. The van der Waals surface area contributed by atoms with Crippen molar-refractivity contribution in [2.45, 2.75) is 12.5 Å². The fourth-order valence-electron chi connectivity index (χ4n) is 1.85. The number of hydrogen-bond donors (Lipinski definition) is 0. The maximum absolute atomic E-state index is 10.5. The highest BCUT2D eigenvalue weighted by molar-refractivity contribution is 6.31. The summed E-state index contributed by atoms with van der Waals surface area (Å²) >= 11 is 6.12. The summed E-state index contributed by atoms with van der Waals surface area (Å²) in [5.41, 5.74) is 1.97. The Kier molecular flexibility index (Phi) is 4.30. The molecule has 0 spiro atoms. The van der Waals surface area contributed by atoms with Crippen LogP contribution in [0.1, 0.15) is 17.2 Å². The van der Waals surface area contributed by atoms with Crippen molar-refractivity contribution in [3.05, 3.63) is 70.7 Å². The molecule has 0 fully saturated rings. The number of hydrogen-bond acceptors (Lipinski definition) is 2. The van der Waals surface area contributed by atoms with Gasteiger partial charge in [0, 0.05) is 11.4 Å². The number of carbonyl (C=O) groups excluding carboxylic acids is 1. The van der Waals surface area contributed by atoms with Gasteiger partial charge in [0.1, 0.15) is 0 Å². The predicted molar refractivity (Wildman–Crippen MR) is 72.5 cm³/mol. The lowest BCUT2D eigenvalue weighted by Crippen LogP contribution is -2.00. The van der Waals surface area contributed by atoms with E-state index in [0.29, 0.717) is 11.4 Å². The topological polar surface area (TPSA) is 29.4 Å². The lowest BCUT2D eigenvalue weighted by Gasteiger charge is -2.12. The first-order valence-corrected chi connectivity index (χ1v) is 6.04. The van der Waals surface area contributed by atoms with Gasteiger partial charge >= 0.3 is 0 Å². The van der Waals surface area contributed by atoms with Crippen LogP contribution in [0.5, 0.6) is 0 Å². The molecule has 2 nitrogen and oxygen atoms in total. The van der Waals surface area contributed by atoms with Crippen LogP contribution in [0.3, 0.4) is 0 Å². The first-order valence-electron chi connectivity index (χ1n) is 5.66. The normalized spacial score (nSPS) is 11.6. The number of aliphatic imine (C=N–C) groups is 1. The lowest BCUT2D eigenvalue weighted by molar-refractivity contribution is 0.557. The molecule has 2 aromatic carbocycles. The summed E-state index contributed by atoms with van der Waals surface area (Å²) in [5.74, 6) is 0. The number of nitrogens with zero attached hydrogens (tertiary/aromatic N) is 1. The summed E-state index contributed by atoms with van der Waals surface area (Å²) in [4.78, 5) is 14.4. The Labute approximate surface area is 111 Å². The molecule has 90 valence electrons. The fraction of sp³-hybridized carbons (Fsp3) is 0.133. The quantitative estimate of drug-likeness (QED) is 0.602. The molecule has 0 aliphatic rings. The Bertz CT molecular complexity index is 562. The summed E-state index contributed by atoms with van der Waals surface area (Å²) in [6.07, 6.45) is 2.23. The zero-order valence-corrected chi connectivity index (χ0v) is 10.5. The van der Waals surface area contributed by atoms with E-state index in [1.807, 2.05) is 54.6 Å². The summed E-state index contributed by atoms with van der Waals surface area (Å²) in [7, 11) is 0. The fourth-order valence-corrected chi connectivity index (χ4v) is 2.06. The second kappa shape index (κ2) is 6.15. The van der Waals surface area contributed by atoms with Crippen molar-refractivity contribution in [3.63, 3.8) is 0 Å². The molecule has 3 heteroatoms. The van der Waals surface area contributed by atoms with Crippen molar-refractivity contribution in [2.75, 3.05) is 0 Å². The van der Waals surface area contributed by atoms with Gasteiger partial charge in [-0.25, -0.2) is 4.79 Å². The maximum atomic E-state index is 10.5. The van der Waals surface area contributed by atoms with E-state index in [1.165, 1.54) is 0 Å². The van der Waals surface area contributed by atoms with Gasteiger partial charge in [-0.15, -0.1) is 0 Å². The van der Waals surface area contributed by atoms with Crippen LogP contribution in [-0.4, -0.2) is 6.08 Å². The van der Waals surface area contributed by atoms with Crippen molar-refractivity contribution in [2.24, 2.45) is 4.99 Å². The molecule has 2 rings (SSSR count). The third-order valence-corrected chi connectivity index (χ3v) is 3.13. The van der Waals surface area contributed by atoms with Gasteiger partial charge in [-0.3, -0.25) is 0 Å². The van der Waals surface area contributed by atoms with Crippen LogP contribution in [0.2, 0.25) is 5.02 Å². The van der Waals surface area contributed by atoms with Crippen molar-refractivity contribution in [1.82, 2.24) is 0 Å². The molecule has 2 aromatic rings. The van der Waals surface area contributed by atoms with Crippen LogP contribution in [0.15, 0.2) is 59.6 Å². The molecule has 0 aromatic heterocycles. The Morgan fingerprint density at radius 2 is 1.72 bits per heavy atom. The number of rotatable bonds is 4. The van der Waals surface area contributed by atoms with Gasteiger partial charge in [-0.1, -0.05) is 60.1 Å². The molecule has 0 aliphatic heterocycles. The van der Waals surface area contributed by atoms with Gasteiger partial charge in [0.25, 0.3) is 0 Å². The van der Waals surface area contributed by atoms with E-state index < -0.39 is 0 Å². The highest BCUT2D eigenvalue weighted by Gasteiger charge is 2.12. The summed E-state index contributed by atoms with van der Waals surface area (Å²) in [6.45, 7) is 0. The van der Waals surface area contributed by atoms with E-state index in [0.717, 1.165) is 11.1 Å². The van der Waals surface area contributed by atoms with Crippen molar-refractivity contribution in [1.29, 1.82) is 0 Å². The third-order valence-electron chi connectivity index (χ3n) is 2.76. The van der Waals surface area contributed by atoms with Gasteiger partial charge < -0.3 is 0 Å². The predicted octanol–water partition coefficient (Wildman–Crippen LogP) is 3.96. The minimum atomic E-state index is -0.233. The van der Waals surface area contributed by atoms with Crippen LogP contribution < -0.4 is 0 Å². The van der Waals surface area contributed by atoms with E-state index >= 15 is 0 Å². The third kappa shape index (κ3) is 3.07. The standard InChI is InChI=1S/C15H12ClNO/c16-14-9-5-4-8-13(14)10-15(17-11-18)12-6-2-1-3-7-12/h1-9,15H,10H2. The van der Waals surface area contributed by atoms with E-state index in [9.17, 15) is 4.79 Å². The largest absolute Gasteiger partial charge is 0.235 e. The molecule has 0 saturated heterocycles. The summed E-state index contributed by atoms with van der Waals surface area (Å²) in [5, 5.41) is 0.694. The monoisotopic (exact) mass is 257 g/mol. The molecule has 0 amide bonds. The average Bonchev–Trinajstić information content (AvgIpc) is 2.42. The van der Waals surface area contributed by atoms with E-state index in [2.05, 4.69) is 4.99 Å². The van der Waals surface area contributed by atoms with Crippen molar-refractivity contribution in [3.8, 4) is 0 Å². The molecule has 0 saturated carbocycles. The van der Waals surface area contributed by atoms with Gasteiger partial charge in [0.2, 0.25) is 6.08 Å². The second-order valence-corrected chi connectivity index (χ2v) is 4.35. The van der Waals surface area contributed by atoms with E-state index in [4.69, 9.17) is 11.6 Å². The van der Waals surface area contributed by atoms with E-state index in [1.54, 1.807) is 6.08 Å². The molecule has 0 radical (unpaired) electrons. The van der Waals surface area contributed by atoms with Crippen LogP contribution in [0, 0.1) is 0 Å². The van der Waals surface area contributed by atoms with Gasteiger partial charge in [0.15, 0.2) is 0 Å². The SMILES string of the molecule is O=C=NC(Cc1ccccc1Cl)c1ccccc1. The van der Waals surface area contributed by atoms with Gasteiger partial charge in [0.05, 0.1) is 6.04 Å².